The second kappa shape index (κ2) is 4.29. The molecule has 6 nitrogen and oxygen atoms in total. The highest BCUT2D eigenvalue weighted by Crippen LogP contribution is 2.17. The molecule has 2 N–H and O–H groups in total. The van der Waals surface area contributed by atoms with Gasteiger partial charge in [-0.25, -0.2) is 14.5 Å². The Kier molecular flexibility index (Phi) is 3.28. The molecule has 0 saturated carbocycles. The number of carbonyl (C=O) groups is 3. The van der Waals surface area contributed by atoms with Crippen molar-refractivity contribution in [3.8, 4) is 0 Å². The Hall–Kier alpha value is -1.59. The SMILES string of the molecule is CCC(C)C(C(=O)O)N1C(=O)CNC1=O. The minimum Gasteiger partial charge on any atom is -0.480 e. The molecule has 0 spiro atoms. The van der Waals surface area contributed by atoms with Crippen molar-refractivity contribution < 1.29 is 19.5 Å². The summed E-state index contributed by atoms with van der Waals surface area (Å²) in [5.74, 6) is -1.88. The van der Waals surface area contributed by atoms with Crippen LogP contribution in [-0.4, -0.2) is 40.5 Å². The van der Waals surface area contributed by atoms with Gasteiger partial charge in [0.2, 0.25) is 0 Å². The maximum Gasteiger partial charge on any atom is 0.327 e. The molecule has 1 saturated heterocycles. The first-order chi connectivity index (χ1) is 6.99. The van der Waals surface area contributed by atoms with Crippen LogP contribution < -0.4 is 5.32 Å². The highest BCUT2D eigenvalue weighted by atomic mass is 16.4. The van der Waals surface area contributed by atoms with Crippen LogP contribution in [0.4, 0.5) is 4.79 Å². The minimum absolute atomic E-state index is 0.112. The Labute approximate surface area is 87.2 Å². The van der Waals surface area contributed by atoms with Crippen molar-refractivity contribution in [3.63, 3.8) is 0 Å². The number of nitrogens with one attached hydrogen (secondary N) is 1. The standard InChI is InChI=1S/C9H14N2O4/c1-3-5(2)7(8(13)14)11-6(12)4-10-9(11)15/h5,7H,3-4H2,1-2H3,(H,10,15)(H,13,14). The second-order valence-corrected chi connectivity index (χ2v) is 3.59. The van der Waals surface area contributed by atoms with Gasteiger partial charge in [0, 0.05) is 0 Å². The van der Waals surface area contributed by atoms with Gasteiger partial charge in [-0.3, -0.25) is 4.79 Å². The van der Waals surface area contributed by atoms with Gasteiger partial charge in [-0.15, -0.1) is 0 Å². The van der Waals surface area contributed by atoms with E-state index in [1.54, 1.807) is 6.92 Å². The van der Waals surface area contributed by atoms with Gasteiger partial charge in [-0.2, -0.15) is 0 Å². The zero-order valence-electron chi connectivity index (χ0n) is 8.69. The summed E-state index contributed by atoms with van der Waals surface area (Å²) >= 11 is 0. The van der Waals surface area contributed by atoms with E-state index < -0.39 is 23.9 Å². The largest absolute Gasteiger partial charge is 0.480 e. The van der Waals surface area contributed by atoms with E-state index in [9.17, 15) is 14.4 Å². The normalized spacial score (nSPS) is 20.0. The van der Waals surface area contributed by atoms with E-state index in [0.29, 0.717) is 6.42 Å². The maximum absolute atomic E-state index is 11.3. The van der Waals surface area contributed by atoms with Gasteiger partial charge in [-0.1, -0.05) is 20.3 Å². The number of carbonyl (C=O) groups excluding carboxylic acids is 2. The fraction of sp³-hybridized carbons (Fsp3) is 0.667. The Bertz CT molecular complexity index is 286. The van der Waals surface area contributed by atoms with Crippen LogP contribution in [0.15, 0.2) is 0 Å². The monoisotopic (exact) mass is 214 g/mol. The van der Waals surface area contributed by atoms with E-state index in [0.717, 1.165) is 4.90 Å². The number of nitrogens with zero attached hydrogens (tertiary/aromatic N) is 1. The van der Waals surface area contributed by atoms with E-state index in [2.05, 4.69) is 5.32 Å². The number of aliphatic carboxylic acids is 1. The summed E-state index contributed by atoms with van der Waals surface area (Å²) < 4.78 is 0. The van der Waals surface area contributed by atoms with Gasteiger partial charge in [0.15, 0.2) is 0 Å². The molecular formula is C9H14N2O4. The van der Waals surface area contributed by atoms with Crippen molar-refractivity contribution in [1.29, 1.82) is 0 Å². The highest BCUT2D eigenvalue weighted by Gasteiger charge is 2.41. The molecule has 0 aliphatic carbocycles. The van der Waals surface area contributed by atoms with E-state index in [4.69, 9.17) is 5.11 Å². The van der Waals surface area contributed by atoms with Crippen molar-refractivity contribution in [2.24, 2.45) is 5.92 Å². The Balaban J connectivity index is 2.93. The summed E-state index contributed by atoms with van der Waals surface area (Å²) in [7, 11) is 0. The summed E-state index contributed by atoms with van der Waals surface area (Å²) in [5, 5.41) is 11.3. The van der Waals surface area contributed by atoms with Crippen LogP contribution >= 0.6 is 0 Å². The minimum atomic E-state index is -1.14. The zero-order chi connectivity index (χ0) is 11.6. The highest BCUT2D eigenvalue weighted by molar-refractivity contribution is 6.04. The molecule has 3 amide bonds. The van der Waals surface area contributed by atoms with Gasteiger partial charge in [0.1, 0.15) is 6.04 Å². The first-order valence-electron chi connectivity index (χ1n) is 4.81. The van der Waals surface area contributed by atoms with Crippen LogP contribution in [0.1, 0.15) is 20.3 Å². The third-order valence-electron chi connectivity index (χ3n) is 2.59. The molecule has 1 aliphatic heterocycles. The molecule has 0 radical (unpaired) electrons. The molecule has 0 aromatic rings. The average molecular weight is 214 g/mol. The predicted molar refractivity (Wildman–Crippen MR) is 51.1 cm³/mol. The number of hydrogen-bond donors (Lipinski definition) is 2. The van der Waals surface area contributed by atoms with Gasteiger partial charge in [0.25, 0.3) is 5.91 Å². The summed E-state index contributed by atoms with van der Waals surface area (Å²) in [6, 6.07) is -1.68. The molecule has 6 heteroatoms. The Morgan fingerprint density at radius 3 is 2.53 bits per heavy atom. The molecule has 0 aromatic carbocycles. The van der Waals surface area contributed by atoms with Gasteiger partial charge >= 0.3 is 12.0 Å². The van der Waals surface area contributed by atoms with Gasteiger partial charge in [-0.05, 0) is 5.92 Å². The van der Waals surface area contributed by atoms with E-state index in [1.807, 2.05) is 6.92 Å². The van der Waals surface area contributed by atoms with Crippen LogP contribution in [0.5, 0.6) is 0 Å². The van der Waals surface area contributed by atoms with Crippen LogP contribution in [0.2, 0.25) is 0 Å². The van der Waals surface area contributed by atoms with E-state index in [-0.39, 0.29) is 12.5 Å². The van der Waals surface area contributed by atoms with Crippen molar-refractivity contribution >= 4 is 17.9 Å². The zero-order valence-corrected chi connectivity index (χ0v) is 8.69. The number of rotatable bonds is 4. The number of hydrogen-bond acceptors (Lipinski definition) is 3. The summed E-state index contributed by atoms with van der Waals surface area (Å²) in [6.45, 7) is 3.41. The molecular weight excluding hydrogens is 200 g/mol. The third kappa shape index (κ3) is 2.08. The van der Waals surface area contributed by atoms with Gasteiger partial charge < -0.3 is 10.4 Å². The molecule has 1 rings (SSSR count). The molecule has 2 unspecified atom stereocenters. The van der Waals surface area contributed by atoms with Gasteiger partial charge in [0.05, 0.1) is 6.54 Å². The smallest absolute Gasteiger partial charge is 0.327 e. The fourth-order valence-corrected chi connectivity index (χ4v) is 1.55. The molecule has 2 atom stereocenters. The maximum atomic E-state index is 11.3. The lowest BCUT2D eigenvalue weighted by Crippen LogP contribution is -2.48. The first-order valence-corrected chi connectivity index (χ1v) is 4.81. The lowest BCUT2D eigenvalue weighted by molar-refractivity contribution is -0.148. The lowest BCUT2D eigenvalue weighted by Gasteiger charge is -2.25. The summed E-state index contributed by atoms with van der Waals surface area (Å²) in [4.78, 5) is 34.4. The Morgan fingerprint density at radius 2 is 2.20 bits per heavy atom. The van der Waals surface area contributed by atoms with Crippen molar-refractivity contribution in [2.75, 3.05) is 6.54 Å². The first kappa shape index (κ1) is 11.5. The van der Waals surface area contributed by atoms with E-state index in [1.165, 1.54) is 0 Å². The van der Waals surface area contributed by atoms with Crippen LogP contribution in [0.3, 0.4) is 0 Å². The quantitative estimate of drug-likeness (QED) is 0.647. The van der Waals surface area contributed by atoms with E-state index >= 15 is 0 Å². The summed E-state index contributed by atoms with van der Waals surface area (Å²) in [6.07, 6.45) is 0.591. The second-order valence-electron chi connectivity index (χ2n) is 3.59. The number of carboxylic acid groups (broad SMARTS) is 1. The number of carboxylic acids is 1. The molecule has 84 valence electrons. The fourth-order valence-electron chi connectivity index (χ4n) is 1.55. The van der Waals surface area contributed by atoms with Crippen molar-refractivity contribution in [2.45, 2.75) is 26.3 Å². The molecule has 1 fully saturated rings. The summed E-state index contributed by atoms with van der Waals surface area (Å²) in [5.41, 5.74) is 0. The molecule has 1 heterocycles. The molecule has 1 aliphatic rings. The van der Waals surface area contributed by atoms with Crippen molar-refractivity contribution in [3.05, 3.63) is 0 Å². The van der Waals surface area contributed by atoms with Crippen LogP contribution in [0.25, 0.3) is 0 Å². The third-order valence-corrected chi connectivity index (χ3v) is 2.59. The van der Waals surface area contributed by atoms with Crippen LogP contribution in [-0.2, 0) is 9.59 Å². The molecule has 15 heavy (non-hydrogen) atoms. The predicted octanol–water partition coefficient (Wildman–Crippen LogP) is 0.0375. The topological polar surface area (TPSA) is 86.7 Å². The average Bonchev–Trinajstić information content (AvgIpc) is 2.49. The molecule has 0 aromatic heterocycles. The molecule has 0 bridgehead atoms. The van der Waals surface area contributed by atoms with Crippen LogP contribution in [0, 0.1) is 5.92 Å². The number of amides is 3. The Morgan fingerprint density at radius 1 is 1.60 bits per heavy atom. The number of imide groups is 1. The lowest BCUT2D eigenvalue weighted by atomic mass is 9.98. The number of urea groups is 1. The van der Waals surface area contributed by atoms with Crippen molar-refractivity contribution in [1.82, 2.24) is 10.2 Å².